The Balaban J connectivity index is 2.24. The molecule has 4 heteroatoms. The van der Waals surface area contributed by atoms with Crippen LogP contribution in [0.1, 0.15) is 31.4 Å². The first-order chi connectivity index (χ1) is 9.13. The van der Waals surface area contributed by atoms with Gasteiger partial charge in [0.25, 0.3) is 0 Å². The molecule has 1 aliphatic heterocycles. The van der Waals surface area contributed by atoms with Crippen LogP contribution >= 0.6 is 11.8 Å². The van der Waals surface area contributed by atoms with E-state index in [-0.39, 0.29) is 17.9 Å². The van der Waals surface area contributed by atoms with Gasteiger partial charge in [0.05, 0.1) is 0 Å². The van der Waals surface area contributed by atoms with Crippen LogP contribution in [0, 0.1) is 5.82 Å². The molecule has 3 atom stereocenters. The second-order valence-corrected chi connectivity index (χ2v) is 6.40. The van der Waals surface area contributed by atoms with Gasteiger partial charge in [-0.25, -0.2) is 4.39 Å². The standard InChI is InChI=1S/C15H23FN2S/c1-3-14(17)15(11-5-4-6-12(16)9-11)18(2)13-7-8-19-10-13/h4-6,9,13-15H,3,7-8,10,17H2,1-2H3. The molecule has 1 saturated heterocycles. The molecular formula is C15H23FN2S. The van der Waals surface area contributed by atoms with Crippen molar-refractivity contribution in [2.45, 2.75) is 37.9 Å². The molecule has 0 saturated carbocycles. The molecule has 106 valence electrons. The summed E-state index contributed by atoms with van der Waals surface area (Å²) < 4.78 is 13.5. The Kier molecular flexibility index (Phi) is 5.25. The predicted octanol–water partition coefficient (Wildman–Crippen LogP) is 3.04. The van der Waals surface area contributed by atoms with Gasteiger partial charge in [-0.05, 0) is 43.3 Å². The van der Waals surface area contributed by atoms with Crippen molar-refractivity contribution in [3.8, 4) is 0 Å². The Bertz CT molecular complexity index is 407. The van der Waals surface area contributed by atoms with E-state index < -0.39 is 0 Å². The zero-order valence-electron chi connectivity index (χ0n) is 11.7. The molecular weight excluding hydrogens is 259 g/mol. The average Bonchev–Trinajstić information content (AvgIpc) is 2.92. The summed E-state index contributed by atoms with van der Waals surface area (Å²) in [6, 6.07) is 7.57. The average molecular weight is 282 g/mol. The summed E-state index contributed by atoms with van der Waals surface area (Å²) in [6.45, 7) is 2.09. The first-order valence-corrected chi connectivity index (χ1v) is 8.09. The van der Waals surface area contributed by atoms with Gasteiger partial charge in [-0.1, -0.05) is 19.1 Å². The fourth-order valence-corrected chi connectivity index (χ4v) is 4.05. The van der Waals surface area contributed by atoms with Gasteiger partial charge in [0.2, 0.25) is 0 Å². The first kappa shape index (κ1) is 14.8. The number of rotatable bonds is 5. The largest absolute Gasteiger partial charge is 0.326 e. The van der Waals surface area contributed by atoms with Gasteiger partial charge in [0.15, 0.2) is 0 Å². The maximum absolute atomic E-state index is 13.5. The molecule has 1 aliphatic rings. The SMILES string of the molecule is CCC(N)C(c1cccc(F)c1)N(C)C1CCSC1. The van der Waals surface area contributed by atoms with Crippen LogP contribution < -0.4 is 5.73 Å². The molecule has 1 aromatic carbocycles. The quantitative estimate of drug-likeness (QED) is 0.900. The van der Waals surface area contributed by atoms with E-state index in [0.717, 1.165) is 17.7 Å². The third-order valence-electron chi connectivity index (χ3n) is 3.99. The Morgan fingerprint density at radius 2 is 2.32 bits per heavy atom. The number of hydrogen-bond acceptors (Lipinski definition) is 3. The van der Waals surface area contributed by atoms with Crippen molar-refractivity contribution < 1.29 is 4.39 Å². The van der Waals surface area contributed by atoms with E-state index >= 15 is 0 Å². The molecule has 0 aromatic heterocycles. The zero-order valence-corrected chi connectivity index (χ0v) is 12.5. The number of nitrogens with two attached hydrogens (primary N) is 1. The van der Waals surface area contributed by atoms with E-state index in [1.807, 2.05) is 17.8 Å². The molecule has 0 amide bonds. The van der Waals surface area contributed by atoms with E-state index in [2.05, 4.69) is 18.9 Å². The highest BCUT2D eigenvalue weighted by molar-refractivity contribution is 7.99. The van der Waals surface area contributed by atoms with Crippen molar-refractivity contribution in [1.82, 2.24) is 4.90 Å². The summed E-state index contributed by atoms with van der Waals surface area (Å²) in [5.74, 6) is 2.19. The summed E-state index contributed by atoms with van der Waals surface area (Å²) in [5.41, 5.74) is 7.29. The topological polar surface area (TPSA) is 29.3 Å². The highest BCUT2D eigenvalue weighted by atomic mass is 32.2. The van der Waals surface area contributed by atoms with Crippen LogP contribution in [-0.2, 0) is 0 Å². The summed E-state index contributed by atoms with van der Waals surface area (Å²) in [4.78, 5) is 2.35. The molecule has 1 fully saturated rings. The van der Waals surface area contributed by atoms with Crippen LogP contribution in [0.4, 0.5) is 4.39 Å². The molecule has 1 aromatic rings. The normalized spacial score (nSPS) is 22.7. The van der Waals surface area contributed by atoms with E-state index in [1.165, 1.54) is 18.2 Å². The number of nitrogens with zero attached hydrogens (tertiary/aromatic N) is 1. The Morgan fingerprint density at radius 1 is 1.53 bits per heavy atom. The van der Waals surface area contributed by atoms with E-state index in [4.69, 9.17) is 5.73 Å². The lowest BCUT2D eigenvalue weighted by atomic mass is 9.95. The summed E-state index contributed by atoms with van der Waals surface area (Å²) >= 11 is 1.99. The third-order valence-corrected chi connectivity index (χ3v) is 5.13. The summed E-state index contributed by atoms with van der Waals surface area (Å²) in [5, 5.41) is 0. The monoisotopic (exact) mass is 282 g/mol. The lowest BCUT2D eigenvalue weighted by Crippen LogP contribution is -2.44. The third kappa shape index (κ3) is 3.50. The number of halogens is 1. The molecule has 0 aliphatic carbocycles. The fourth-order valence-electron chi connectivity index (χ4n) is 2.77. The maximum atomic E-state index is 13.5. The highest BCUT2D eigenvalue weighted by Crippen LogP contribution is 2.31. The minimum absolute atomic E-state index is 0.0393. The van der Waals surface area contributed by atoms with E-state index in [9.17, 15) is 4.39 Å². The predicted molar refractivity (Wildman–Crippen MR) is 80.9 cm³/mol. The molecule has 0 spiro atoms. The minimum atomic E-state index is -0.181. The van der Waals surface area contributed by atoms with Crippen LogP contribution in [0.25, 0.3) is 0 Å². The molecule has 1 heterocycles. The lowest BCUT2D eigenvalue weighted by molar-refractivity contribution is 0.161. The number of benzene rings is 1. The lowest BCUT2D eigenvalue weighted by Gasteiger charge is -2.36. The van der Waals surface area contributed by atoms with Gasteiger partial charge in [0, 0.05) is 23.9 Å². The van der Waals surface area contributed by atoms with Crippen LogP contribution in [0.15, 0.2) is 24.3 Å². The van der Waals surface area contributed by atoms with Crippen molar-refractivity contribution >= 4 is 11.8 Å². The molecule has 2 nitrogen and oxygen atoms in total. The second kappa shape index (κ2) is 6.73. The molecule has 3 unspecified atom stereocenters. The highest BCUT2D eigenvalue weighted by Gasteiger charge is 2.30. The summed E-state index contributed by atoms with van der Waals surface area (Å²) in [7, 11) is 2.13. The van der Waals surface area contributed by atoms with Crippen molar-refractivity contribution in [3.05, 3.63) is 35.6 Å². The molecule has 2 rings (SSSR count). The van der Waals surface area contributed by atoms with Gasteiger partial charge < -0.3 is 5.73 Å². The first-order valence-electron chi connectivity index (χ1n) is 6.94. The van der Waals surface area contributed by atoms with Crippen LogP contribution in [0.5, 0.6) is 0 Å². The Hall–Kier alpha value is -0.580. The number of likely N-dealkylation sites (N-methyl/N-ethyl adjacent to an activating group) is 1. The summed E-state index contributed by atoms with van der Waals surface area (Å²) in [6.07, 6.45) is 2.09. The molecule has 19 heavy (non-hydrogen) atoms. The molecule has 0 bridgehead atoms. The molecule has 0 radical (unpaired) electrons. The van der Waals surface area contributed by atoms with Gasteiger partial charge >= 0.3 is 0 Å². The number of hydrogen-bond donors (Lipinski definition) is 1. The van der Waals surface area contributed by atoms with Gasteiger partial charge in [-0.15, -0.1) is 0 Å². The maximum Gasteiger partial charge on any atom is 0.123 e. The number of thioether (sulfide) groups is 1. The van der Waals surface area contributed by atoms with Crippen molar-refractivity contribution in [1.29, 1.82) is 0 Å². The van der Waals surface area contributed by atoms with Crippen LogP contribution in [0.3, 0.4) is 0 Å². The van der Waals surface area contributed by atoms with Gasteiger partial charge in [-0.2, -0.15) is 11.8 Å². The minimum Gasteiger partial charge on any atom is -0.326 e. The van der Waals surface area contributed by atoms with Crippen LogP contribution in [0.2, 0.25) is 0 Å². The molecule has 2 N–H and O–H groups in total. The zero-order chi connectivity index (χ0) is 13.8. The van der Waals surface area contributed by atoms with Crippen LogP contribution in [-0.4, -0.2) is 35.5 Å². The Labute approximate surface area is 119 Å². The fraction of sp³-hybridized carbons (Fsp3) is 0.600. The van der Waals surface area contributed by atoms with Gasteiger partial charge in [0.1, 0.15) is 5.82 Å². The second-order valence-electron chi connectivity index (χ2n) is 5.25. The van der Waals surface area contributed by atoms with Crippen molar-refractivity contribution in [2.75, 3.05) is 18.6 Å². The smallest absolute Gasteiger partial charge is 0.123 e. The van der Waals surface area contributed by atoms with Gasteiger partial charge in [-0.3, -0.25) is 4.90 Å². The van der Waals surface area contributed by atoms with E-state index in [1.54, 1.807) is 12.1 Å². The van der Waals surface area contributed by atoms with Crippen molar-refractivity contribution in [3.63, 3.8) is 0 Å². The Morgan fingerprint density at radius 3 is 2.89 bits per heavy atom. The van der Waals surface area contributed by atoms with Crippen molar-refractivity contribution in [2.24, 2.45) is 5.73 Å². The van der Waals surface area contributed by atoms with E-state index in [0.29, 0.717) is 6.04 Å².